The van der Waals surface area contributed by atoms with Gasteiger partial charge in [0.05, 0.1) is 0 Å². The van der Waals surface area contributed by atoms with E-state index in [1.165, 1.54) is 0 Å². The Morgan fingerprint density at radius 2 is 1.27 bits per heavy atom. The third kappa shape index (κ3) is 1.90. The van der Waals surface area contributed by atoms with Crippen LogP contribution >= 0.6 is 0 Å². The van der Waals surface area contributed by atoms with Crippen molar-refractivity contribution in [1.82, 2.24) is 16.0 Å². The van der Waals surface area contributed by atoms with Crippen LogP contribution in [0.3, 0.4) is 0 Å². The molecule has 4 N–H and O–H groups in total. The molecule has 11 heavy (non-hydrogen) atoms. The molecule has 0 saturated heterocycles. The summed E-state index contributed by atoms with van der Waals surface area (Å²) in [6.07, 6.45) is 0. The molecule has 0 amide bonds. The molecular formula is C7H19N3O. The fraction of sp³-hybridized carbons (Fsp3) is 1.00. The highest BCUT2D eigenvalue weighted by Crippen LogP contribution is 2.13. The van der Waals surface area contributed by atoms with Crippen LogP contribution in [0.5, 0.6) is 0 Å². The van der Waals surface area contributed by atoms with Gasteiger partial charge in [-0.2, -0.15) is 0 Å². The van der Waals surface area contributed by atoms with E-state index in [0.29, 0.717) is 0 Å². The molecule has 68 valence electrons. The molecule has 0 aromatic heterocycles. The highest BCUT2D eigenvalue weighted by molar-refractivity contribution is 4.93. The fourth-order valence-corrected chi connectivity index (χ4v) is 0.862. The van der Waals surface area contributed by atoms with E-state index < -0.39 is 11.4 Å². The third-order valence-corrected chi connectivity index (χ3v) is 2.46. The number of hydrogen-bond donors (Lipinski definition) is 4. The molecule has 0 saturated carbocycles. The topological polar surface area (TPSA) is 56.3 Å². The van der Waals surface area contributed by atoms with Crippen LogP contribution in [-0.2, 0) is 0 Å². The molecule has 1 unspecified atom stereocenters. The van der Waals surface area contributed by atoms with Crippen molar-refractivity contribution in [2.24, 2.45) is 0 Å². The fourth-order valence-electron chi connectivity index (χ4n) is 0.862. The third-order valence-electron chi connectivity index (χ3n) is 2.46. The average molecular weight is 161 g/mol. The van der Waals surface area contributed by atoms with Gasteiger partial charge in [-0.25, -0.2) is 0 Å². The molecule has 0 fully saturated rings. The van der Waals surface area contributed by atoms with Crippen LogP contribution in [0.25, 0.3) is 0 Å². The summed E-state index contributed by atoms with van der Waals surface area (Å²) in [7, 11) is 5.30. The van der Waals surface area contributed by atoms with Crippen molar-refractivity contribution in [3.63, 3.8) is 0 Å². The lowest BCUT2D eigenvalue weighted by Crippen LogP contribution is -2.71. The van der Waals surface area contributed by atoms with Gasteiger partial charge in [0.1, 0.15) is 11.4 Å². The Hall–Kier alpha value is -0.160. The largest absolute Gasteiger partial charge is 0.373 e. The van der Waals surface area contributed by atoms with Crippen LogP contribution in [0, 0.1) is 0 Å². The first-order valence-electron chi connectivity index (χ1n) is 3.72. The van der Waals surface area contributed by atoms with Gasteiger partial charge in [0, 0.05) is 0 Å². The SMILES string of the molecule is CNC(C)(O)C(C)(NC)NC. The highest BCUT2D eigenvalue weighted by atomic mass is 16.3. The monoisotopic (exact) mass is 161 g/mol. The Bertz CT molecular complexity index is 121. The van der Waals surface area contributed by atoms with E-state index in [1.807, 2.05) is 6.92 Å². The number of aliphatic hydroxyl groups is 1. The number of rotatable bonds is 4. The highest BCUT2D eigenvalue weighted by Gasteiger charge is 2.39. The summed E-state index contributed by atoms with van der Waals surface area (Å²) in [5, 5.41) is 18.6. The zero-order valence-corrected chi connectivity index (χ0v) is 7.95. The smallest absolute Gasteiger partial charge is 0.144 e. The molecule has 0 heterocycles. The van der Waals surface area contributed by atoms with Gasteiger partial charge in [-0.1, -0.05) is 0 Å². The van der Waals surface area contributed by atoms with E-state index in [4.69, 9.17) is 0 Å². The first-order valence-corrected chi connectivity index (χ1v) is 3.72. The number of likely N-dealkylation sites (N-methyl/N-ethyl adjacent to an activating group) is 3. The lowest BCUT2D eigenvalue weighted by Gasteiger charge is -2.42. The molecule has 0 aliphatic rings. The van der Waals surface area contributed by atoms with Crippen molar-refractivity contribution >= 4 is 0 Å². The van der Waals surface area contributed by atoms with Gasteiger partial charge >= 0.3 is 0 Å². The lowest BCUT2D eigenvalue weighted by molar-refractivity contribution is -0.0620. The van der Waals surface area contributed by atoms with Crippen LogP contribution < -0.4 is 16.0 Å². The first-order chi connectivity index (χ1) is 4.93. The Morgan fingerprint density at radius 1 is 0.909 bits per heavy atom. The zero-order valence-electron chi connectivity index (χ0n) is 7.95. The average Bonchev–Trinajstić information content (AvgIpc) is 2.02. The summed E-state index contributed by atoms with van der Waals surface area (Å²) in [6.45, 7) is 3.59. The molecule has 0 bridgehead atoms. The molecule has 0 spiro atoms. The molecular weight excluding hydrogens is 142 g/mol. The van der Waals surface area contributed by atoms with Gasteiger partial charge in [-0.3, -0.25) is 16.0 Å². The van der Waals surface area contributed by atoms with E-state index in [2.05, 4.69) is 16.0 Å². The number of nitrogens with one attached hydrogen (secondary N) is 3. The van der Waals surface area contributed by atoms with Crippen LogP contribution in [0.4, 0.5) is 0 Å². The molecule has 0 aliphatic heterocycles. The Labute approximate surface area is 68.4 Å². The van der Waals surface area contributed by atoms with Crippen LogP contribution in [-0.4, -0.2) is 37.6 Å². The second kappa shape index (κ2) is 3.49. The van der Waals surface area contributed by atoms with Crippen molar-refractivity contribution in [1.29, 1.82) is 0 Å². The van der Waals surface area contributed by atoms with E-state index in [-0.39, 0.29) is 0 Å². The van der Waals surface area contributed by atoms with Crippen molar-refractivity contribution in [2.75, 3.05) is 21.1 Å². The summed E-state index contributed by atoms with van der Waals surface area (Å²) >= 11 is 0. The summed E-state index contributed by atoms with van der Waals surface area (Å²) in [4.78, 5) is 0. The molecule has 0 rings (SSSR count). The van der Waals surface area contributed by atoms with Gasteiger partial charge < -0.3 is 5.11 Å². The second-order valence-corrected chi connectivity index (χ2v) is 2.95. The van der Waals surface area contributed by atoms with Gasteiger partial charge in [0.2, 0.25) is 0 Å². The zero-order chi connectivity index (χ0) is 9.12. The predicted octanol–water partition coefficient (Wildman–Crippen LogP) is -0.931. The van der Waals surface area contributed by atoms with Crippen LogP contribution in [0.1, 0.15) is 13.8 Å². The Morgan fingerprint density at radius 3 is 1.36 bits per heavy atom. The maximum absolute atomic E-state index is 9.81. The van der Waals surface area contributed by atoms with Gasteiger partial charge in [0.25, 0.3) is 0 Å². The van der Waals surface area contributed by atoms with Crippen molar-refractivity contribution in [3.05, 3.63) is 0 Å². The molecule has 4 heteroatoms. The summed E-state index contributed by atoms with van der Waals surface area (Å²) < 4.78 is 0. The maximum atomic E-state index is 9.81. The molecule has 0 radical (unpaired) electrons. The van der Waals surface area contributed by atoms with Gasteiger partial charge in [-0.05, 0) is 35.0 Å². The molecule has 0 aromatic carbocycles. The molecule has 1 atom stereocenters. The molecule has 0 aromatic rings. The maximum Gasteiger partial charge on any atom is 0.144 e. The van der Waals surface area contributed by atoms with Crippen LogP contribution in [0.2, 0.25) is 0 Å². The minimum Gasteiger partial charge on any atom is -0.373 e. The van der Waals surface area contributed by atoms with Crippen molar-refractivity contribution < 1.29 is 5.11 Å². The molecule has 4 nitrogen and oxygen atoms in total. The molecule has 0 aliphatic carbocycles. The van der Waals surface area contributed by atoms with Crippen molar-refractivity contribution in [3.8, 4) is 0 Å². The summed E-state index contributed by atoms with van der Waals surface area (Å²) in [5.74, 6) is 0. The first kappa shape index (κ1) is 10.8. The van der Waals surface area contributed by atoms with Gasteiger partial charge in [-0.15, -0.1) is 0 Å². The van der Waals surface area contributed by atoms with E-state index >= 15 is 0 Å². The second-order valence-electron chi connectivity index (χ2n) is 2.95. The predicted molar refractivity (Wildman–Crippen MR) is 46.2 cm³/mol. The number of hydrogen-bond acceptors (Lipinski definition) is 4. The van der Waals surface area contributed by atoms with E-state index in [0.717, 1.165) is 0 Å². The normalized spacial score (nSPS) is 18.0. The van der Waals surface area contributed by atoms with E-state index in [9.17, 15) is 5.11 Å². The summed E-state index contributed by atoms with van der Waals surface area (Å²) in [5.41, 5.74) is -1.50. The Balaban J connectivity index is 4.47. The van der Waals surface area contributed by atoms with E-state index in [1.54, 1.807) is 28.1 Å². The standard InChI is InChI=1S/C7H19N3O/c1-6(8-3,9-4)7(2,11)10-5/h8-11H,1-5H3. The van der Waals surface area contributed by atoms with Gasteiger partial charge in [0.15, 0.2) is 0 Å². The van der Waals surface area contributed by atoms with Crippen LogP contribution in [0.15, 0.2) is 0 Å². The minimum atomic E-state index is -0.976. The Kier molecular flexibility index (Phi) is 3.44. The quantitative estimate of drug-likeness (QED) is 0.402. The summed E-state index contributed by atoms with van der Waals surface area (Å²) in [6, 6.07) is 0. The lowest BCUT2D eigenvalue weighted by atomic mass is 10.0. The minimum absolute atomic E-state index is 0.526. The van der Waals surface area contributed by atoms with Crippen molar-refractivity contribution in [2.45, 2.75) is 25.2 Å².